The molecule has 3 nitrogen and oxygen atoms in total. The minimum Gasteiger partial charge on any atom is -0.392 e. The molecule has 0 aliphatic heterocycles. The van der Waals surface area contributed by atoms with E-state index in [2.05, 4.69) is 0 Å². The summed E-state index contributed by atoms with van der Waals surface area (Å²) in [6, 6.07) is 7.85. The van der Waals surface area contributed by atoms with E-state index in [-0.39, 0.29) is 5.91 Å². The number of fused-ring (bicyclic) bond motifs is 1. The third kappa shape index (κ3) is 2.45. The highest BCUT2D eigenvalue weighted by molar-refractivity contribution is 7.80. The SMILES string of the molecule is CN(CC(N)=S)C(=O)c1csc2ccccc12. The van der Waals surface area contributed by atoms with Crippen molar-refractivity contribution in [3.05, 3.63) is 35.2 Å². The predicted octanol–water partition coefficient (Wildman–Crippen LogP) is 2.26. The van der Waals surface area contributed by atoms with Crippen LogP contribution in [0.3, 0.4) is 0 Å². The van der Waals surface area contributed by atoms with E-state index in [1.807, 2.05) is 29.6 Å². The maximum atomic E-state index is 12.2. The van der Waals surface area contributed by atoms with Gasteiger partial charge in [-0.1, -0.05) is 30.4 Å². The normalized spacial score (nSPS) is 10.4. The number of thiocarbonyl (C=S) groups is 1. The molecule has 0 unspecified atom stereocenters. The van der Waals surface area contributed by atoms with Crippen LogP contribution in [0.15, 0.2) is 29.6 Å². The molecule has 88 valence electrons. The number of benzene rings is 1. The van der Waals surface area contributed by atoms with Crippen molar-refractivity contribution >= 4 is 44.5 Å². The van der Waals surface area contributed by atoms with Gasteiger partial charge in [0.05, 0.1) is 17.1 Å². The molecule has 0 fully saturated rings. The largest absolute Gasteiger partial charge is 0.392 e. The van der Waals surface area contributed by atoms with Gasteiger partial charge in [-0.25, -0.2) is 0 Å². The fourth-order valence-corrected chi connectivity index (χ4v) is 2.78. The van der Waals surface area contributed by atoms with E-state index < -0.39 is 0 Å². The van der Waals surface area contributed by atoms with E-state index in [0.29, 0.717) is 17.1 Å². The first-order chi connectivity index (χ1) is 8.09. The highest BCUT2D eigenvalue weighted by atomic mass is 32.1. The van der Waals surface area contributed by atoms with Crippen LogP contribution >= 0.6 is 23.6 Å². The third-order valence-corrected chi connectivity index (χ3v) is 3.54. The molecular formula is C12H12N2OS2. The van der Waals surface area contributed by atoms with Crippen molar-refractivity contribution in [2.45, 2.75) is 0 Å². The minimum absolute atomic E-state index is 0.0461. The van der Waals surface area contributed by atoms with Gasteiger partial charge in [0.15, 0.2) is 0 Å². The fourth-order valence-electron chi connectivity index (χ4n) is 1.65. The fraction of sp³-hybridized carbons (Fsp3) is 0.167. The van der Waals surface area contributed by atoms with Crippen molar-refractivity contribution in [3.8, 4) is 0 Å². The van der Waals surface area contributed by atoms with Gasteiger partial charge in [0, 0.05) is 22.5 Å². The lowest BCUT2D eigenvalue weighted by Gasteiger charge is -2.15. The number of carbonyl (C=O) groups is 1. The molecule has 0 bridgehead atoms. The molecule has 17 heavy (non-hydrogen) atoms. The van der Waals surface area contributed by atoms with Crippen molar-refractivity contribution in [3.63, 3.8) is 0 Å². The number of nitrogens with zero attached hydrogens (tertiary/aromatic N) is 1. The van der Waals surface area contributed by atoms with Crippen LogP contribution in [-0.2, 0) is 0 Å². The molecule has 0 radical (unpaired) electrons. The second kappa shape index (κ2) is 4.81. The average Bonchev–Trinajstić information content (AvgIpc) is 2.70. The lowest BCUT2D eigenvalue weighted by Crippen LogP contribution is -2.34. The topological polar surface area (TPSA) is 46.3 Å². The summed E-state index contributed by atoms with van der Waals surface area (Å²) in [6.45, 7) is 0.304. The minimum atomic E-state index is -0.0461. The van der Waals surface area contributed by atoms with Crippen LogP contribution in [0.5, 0.6) is 0 Å². The summed E-state index contributed by atoms with van der Waals surface area (Å²) in [6.07, 6.45) is 0. The van der Waals surface area contributed by atoms with Crippen LogP contribution < -0.4 is 5.73 Å². The molecule has 1 aromatic carbocycles. The van der Waals surface area contributed by atoms with Crippen molar-refractivity contribution in [2.75, 3.05) is 13.6 Å². The average molecular weight is 264 g/mol. The lowest BCUT2D eigenvalue weighted by atomic mass is 10.1. The second-order valence-electron chi connectivity index (χ2n) is 3.77. The van der Waals surface area contributed by atoms with E-state index in [1.54, 1.807) is 18.4 Å². The first-order valence-corrected chi connectivity index (χ1v) is 6.38. The van der Waals surface area contributed by atoms with Crippen LogP contribution in [0.4, 0.5) is 0 Å². The summed E-state index contributed by atoms with van der Waals surface area (Å²) in [4.78, 5) is 14.0. The quantitative estimate of drug-likeness (QED) is 0.865. The predicted molar refractivity (Wildman–Crippen MR) is 75.6 cm³/mol. The van der Waals surface area contributed by atoms with E-state index in [4.69, 9.17) is 18.0 Å². The van der Waals surface area contributed by atoms with Gasteiger partial charge in [0.25, 0.3) is 5.91 Å². The van der Waals surface area contributed by atoms with Gasteiger partial charge in [0.2, 0.25) is 0 Å². The van der Waals surface area contributed by atoms with Crippen LogP contribution in [0.25, 0.3) is 10.1 Å². The Bertz CT molecular complexity index is 577. The van der Waals surface area contributed by atoms with Gasteiger partial charge < -0.3 is 10.6 Å². The number of likely N-dealkylation sites (N-methyl/N-ethyl adjacent to an activating group) is 1. The van der Waals surface area contributed by atoms with Crippen molar-refractivity contribution in [1.82, 2.24) is 4.90 Å². The molecule has 2 N–H and O–H groups in total. The monoisotopic (exact) mass is 264 g/mol. The summed E-state index contributed by atoms with van der Waals surface area (Å²) >= 11 is 6.37. The third-order valence-electron chi connectivity index (χ3n) is 2.45. The summed E-state index contributed by atoms with van der Waals surface area (Å²) in [5.41, 5.74) is 6.15. The molecule has 2 rings (SSSR count). The van der Waals surface area contributed by atoms with Crippen molar-refractivity contribution in [2.24, 2.45) is 5.73 Å². The summed E-state index contributed by atoms with van der Waals surface area (Å²) in [5.74, 6) is -0.0461. The molecule has 2 aromatic rings. The number of thiophene rings is 1. The first-order valence-electron chi connectivity index (χ1n) is 5.09. The van der Waals surface area contributed by atoms with Crippen LogP contribution in [0.1, 0.15) is 10.4 Å². The molecule has 0 aliphatic rings. The Hall–Kier alpha value is -1.46. The number of hydrogen-bond acceptors (Lipinski definition) is 3. The van der Waals surface area contributed by atoms with E-state index in [9.17, 15) is 4.79 Å². The molecular weight excluding hydrogens is 252 g/mol. The Morgan fingerprint density at radius 3 is 2.88 bits per heavy atom. The zero-order valence-corrected chi connectivity index (χ0v) is 11.0. The van der Waals surface area contributed by atoms with Crippen LogP contribution in [0.2, 0.25) is 0 Å². The van der Waals surface area contributed by atoms with Gasteiger partial charge in [-0.2, -0.15) is 0 Å². The molecule has 0 saturated heterocycles. The first kappa shape index (κ1) is 12.0. The Kier molecular flexibility index (Phi) is 3.40. The number of nitrogens with two attached hydrogens (primary N) is 1. The summed E-state index contributed by atoms with van der Waals surface area (Å²) < 4.78 is 1.11. The highest BCUT2D eigenvalue weighted by Crippen LogP contribution is 2.26. The Morgan fingerprint density at radius 1 is 1.47 bits per heavy atom. The standard InChI is InChI=1S/C12H12N2OS2/c1-14(6-11(13)16)12(15)9-7-17-10-5-3-2-4-8(9)10/h2-5,7H,6H2,1H3,(H2,13,16). The van der Waals surface area contributed by atoms with Gasteiger partial charge in [-0.15, -0.1) is 11.3 Å². The van der Waals surface area contributed by atoms with Gasteiger partial charge in [0.1, 0.15) is 0 Å². The molecule has 5 heteroatoms. The van der Waals surface area contributed by atoms with Gasteiger partial charge >= 0.3 is 0 Å². The van der Waals surface area contributed by atoms with Gasteiger partial charge in [-0.05, 0) is 6.07 Å². The van der Waals surface area contributed by atoms with Crippen molar-refractivity contribution in [1.29, 1.82) is 0 Å². The smallest absolute Gasteiger partial charge is 0.255 e. The molecule has 0 saturated carbocycles. The number of rotatable bonds is 3. The molecule has 1 aromatic heterocycles. The Labute approximate surface area is 109 Å². The Morgan fingerprint density at radius 2 is 2.18 bits per heavy atom. The van der Waals surface area contributed by atoms with Gasteiger partial charge in [-0.3, -0.25) is 4.79 Å². The molecule has 0 aliphatic carbocycles. The lowest BCUT2D eigenvalue weighted by molar-refractivity contribution is 0.0817. The van der Waals surface area contributed by atoms with Crippen molar-refractivity contribution < 1.29 is 4.79 Å². The van der Waals surface area contributed by atoms with E-state index in [0.717, 1.165) is 10.1 Å². The molecule has 0 atom stereocenters. The van der Waals surface area contributed by atoms with E-state index in [1.165, 1.54) is 4.90 Å². The number of hydrogen-bond donors (Lipinski definition) is 1. The zero-order valence-electron chi connectivity index (χ0n) is 9.34. The molecule has 1 amide bonds. The Balaban J connectivity index is 2.33. The second-order valence-corrected chi connectivity index (χ2v) is 5.21. The molecule has 1 heterocycles. The molecule has 0 spiro atoms. The van der Waals surface area contributed by atoms with E-state index >= 15 is 0 Å². The summed E-state index contributed by atoms with van der Waals surface area (Å²) in [5, 5.41) is 2.86. The highest BCUT2D eigenvalue weighted by Gasteiger charge is 2.16. The summed E-state index contributed by atoms with van der Waals surface area (Å²) in [7, 11) is 1.70. The zero-order chi connectivity index (χ0) is 12.4. The van der Waals surface area contributed by atoms with Crippen LogP contribution in [-0.4, -0.2) is 29.4 Å². The van der Waals surface area contributed by atoms with Crippen LogP contribution in [0, 0.1) is 0 Å². The number of amides is 1. The maximum absolute atomic E-state index is 12.2. The number of carbonyl (C=O) groups excluding carboxylic acids is 1. The maximum Gasteiger partial charge on any atom is 0.255 e.